The lowest BCUT2D eigenvalue weighted by Crippen LogP contribution is -2.61. The van der Waals surface area contributed by atoms with Crippen LogP contribution in [0.5, 0.6) is 0 Å². The van der Waals surface area contributed by atoms with E-state index in [1.807, 2.05) is 0 Å². The van der Waals surface area contributed by atoms with Crippen LogP contribution in [0.3, 0.4) is 0 Å². The summed E-state index contributed by atoms with van der Waals surface area (Å²) in [4.78, 5) is 36.7. The molecule has 0 aliphatic carbocycles. The maximum atomic E-state index is 12.2. The zero-order valence-corrected chi connectivity index (χ0v) is 15.2. The summed E-state index contributed by atoms with van der Waals surface area (Å²) in [6.45, 7) is 2.24. The van der Waals surface area contributed by atoms with Gasteiger partial charge in [0.2, 0.25) is 11.8 Å². The van der Waals surface area contributed by atoms with Crippen LogP contribution >= 0.6 is 11.8 Å². The maximum absolute atomic E-state index is 12.2. The van der Waals surface area contributed by atoms with Crippen LogP contribution in [0, 0.1) is 5.92 Å². The quantitative estimate of drug-likeness (QED) is 0.369. The van der Waals surface area contributed by atoms with Crippen molar-refractivity contribution >= 4 is 29.5 Å². The highest BCUT2D eigenvalue weighted by Crippen LogP contribution is 2.48. The van der Waals surface area contributed by atoms with E-state index in [0.29, 0.717) is 17.9 Å². The third kappa shape index (κ3) is 3.51. The van der Waals surface area contributed by atoms with Gasteiger partial charge in [0.1, 0.15) is 5.70 Å². The maximum Gasteiger partial charge on any atom is 0.353 e. The number of carboxylic acids is 1. The predicted molar refractivity (Wildman–Crippen MR) is 95.8 cm³/mol. The molecule has 142 valence electrons. The molecule has 0 aromatic carbocycles. The SMILES string of the molecule is C[C@@H](O)[C@H]1C(=O)N2C(C(=O)O)=C(S[C@H]3CC[C@H](/C=C/C(N)=O)NC3)C[C@H]12. The van der Waals surface area contributed by atoms with E-state index in [9.17, 15) is 24.6 Å². The van der Waals surface area contributed by atoms with Crippen molar-refractivity contribution in [3.8, 4) is 0 Å². The molecule has 3 aliphatic heterocycles. The number of β-lactam (4-membered cyclic amide) rings is 1. The number of piperidine rings is 1. The normalized spacial score (nSPS) is 32.5. The molecule has 26 heavy (non-hydrogen) atoms. The summed E-state index contributed by atoms with van der Waals surface area (Å²) < 4.78 is 0. The molecule has 0 saturated carbocycles. The van der Waals surface area contributed by atoms with Crippen LogP contribution in [0.4, 0.5) is 0 Å². The first kappa shape index (κ1) is 18.9. The standard InChI is InChI=1S/C17H23N3O5S/c1-8(21)14-11-6-12(15(17(24)25)20(11)16(14)23)26-10-4-2-9(19-7-10)3-5-13(18)22/h3,5,8-11,14,19,21H,2,4,6-7H2,1H3,(H2,18,22)(H,24,25)/b5-3+/t8-,9-,10+,11-,14-/m1/s1. The van der Waals surface area contributed by atoms with Gasteiger partial charge in [-0.3, -0.25) is 9.59 Å². The number of nitrogens with one attached hydrogen (secondary N) is 1. The fraction of sp³-hybridized carbons (Fsp3) is 0.588. The fourth-order valence-corrected chi connectivity index (χ4v) is 5.27. The van der Waals surface area contributed by atoms with Crippen LogP contribution in [-0.2, 0) is 14.4 Å². The van der Waals surface area contributed by atoms with E-state index in [2.05, 4.69) is 5.32 Å². The van der Waals surface area contributed by atoms with Gasteiger partial charge >= 0.3 is 5.97 Å². The minimum absolute atomic E-state index is 0.0673. The molecule has 8 nitrogen and oxygen atoms in total. The van der Waals surface area contributed by atoms with Crippen molar-refractivity contribution in [1.82, 2.24) is 10.2 Å². The number of carbonyl (C=O) groups is 3. The summed E-state index contributed by atoms with van der Waals surface area (Å²) in [5.41, 5.74) is 5.16. The molecule has 2 saturated heterocycles. The molecule has 0 spiro atoms. The summed E-state index contributed by atoms with van der Waals surface area (Å²) in [6, 6.07) is -0.170. The highest BCUT2D eigenvalue weighted by molar-refractivity contribution is 8.03. The first-order valence-electron chi connectivity index (χ1n) is 8.64. The van der Waals surface area contributed by atoms with E-state index in [0.717, 1.165) is 12.8 Å². The van der Waals surface area contributed by atoms with Crippen LogP contribution < -0.4 is 11.1 Å². The van der Waals surface area contributed by atoms with Crippen LogP contribution in [0.1, 0.15) is 26.2 Å². The molecule has 0 aromatic heterocycles. The monoisotopic (exact) mass is 381 g/mol. The van der Waals surface area contributed by atoms with Gasteiger partial charge in [-0.25, -0.2) is 4.79 Å². The summed E-state index contributed by atoms with van der Waals surface area (Å²) in [7, 11) is 0. The lowest BCUT2D eigenvalue weighted by atomic mass is 9.83. The summed E-state index contributed by atoms with van der Waals surface area (Å²) in [5.74, 6) is -2.41. The molecule has 2 amide bonds. The summed E-state index contributed by atoms with van der Waals surface area (Å²) >= 11 is 1.50. The lowest BCUT2D eigenvalue weighted by molar-refractivity contribution is -0.161. The third-order valence-corrected chi connectivity index (χ3v) is 6.48. The Morgan fingerprint density at radius 1 is 1.42 bits per heavy atom. The smallest absolute Gasteiger partial charge is 0.353 e. The zero-order valence-electron chi connectivity index (χ0n) is 14.4. The molecular formula is C17H23N3O5S. The Labute approximate surface area is 155 Å². The second-order valence-electron chi connectivity index (χ2n) is 6.92. The summed E-state index contributed by atoms with van der Waals surface area (Å²) in [5, 5.41) is 22.8. The molecule has 2 fully saturated rings. The third-order valence-electron chi connectivity index (χ3n) is 5.10. The van der Waals surface area contributed by atoms with E-state index >= 15 is 0 Å². The number of rotatable bonds is 6. The van der Waals surface area contributed by atoms with Crippen LogP contribution in [0.15, 0.2) is 22.8 Å². The Bertz CT molecular complexity index is 682. The Morgan fingerprint density at radius 3 is 2.69 bits per heavy atom. The van der Waals surface area contributed by atoms with E-state index in [4.69, 9.17) is 5.73 Å². The van der Waals surface area contributed by atoms with Gasteiger partial charge in [-0.15, -0.1) is 11.8 Å². The number of carboxylic acid groups (broad SMARTS) is 1. The number of aliphatic hydroxyl groups is 1. The molecule has 5 N–H and O–H groups in total. The van der Waals surface area contributed by atoms with E-state index in [1.54, 1.807) is 13.0 Å². The Balaban J connectivity index is 1.64. The Kier molecular flexibility index (Phi) is 5.40. The molecule has 3 rings (SSSR count). The largest absolute Gasteiger partial charge is 0.477 e. The van der Waals surface area contributed by atoms with Crippen LogP contribution in [0.2, 0.25) is 0 Å². The van der Waals surface area contributed by atoms with E-state index in [1.165, 1.54) is 22.7 Å². The van der Waals surface area contributed by atoms with Gasteiger partial charge in [0.15, 0.2) is 0 Å². The first-order valence-corrected chi connectivity index (χ1v) is 9.52. The van der Waals surface area contributed by atoms with E-state index < -0.39 is 23.9 Å². The van der Waals surface area contributed by atoms with Gasteiger partial charge < -0.3 is 26.2 Å². The minimum Gasteiger partial charge on any atom is -0.477 e. The Hall–Kier alpha value is -1.84. The van der Waals surface area contributed by atoms with Gasteiger partial charge in [0.05, 0.1) is 18.1 Å². The number of carbonyl (C=O) groups excluding carboxylic acids is 2. The number of primary amides is 1. The van der Waals surface area contributed by atoms with E-state index in [-0.39, 0.29) is 28.9 Å². The van der Waals surface area contributed by atoms with Gasteiger partial charge in [-0.05, 0) is 19.8 Å². The molecule has 0 unspecified atom stereocenters. The number of aliphatic carboxylic acids is 1. The number of nitrogens with two attached hydrogens (primary N) is 1. The molecule has 3 aliphatic rings. The highest BCUT2D eigenvalue weighted by atomic mass is 32.2. The average molecular weight is 381 g/mol. The van der Waals surface area contributed by atoms with Gasteiger partial charge in [0, 0.05) is 35.2 Å². The molecular weight excluding hydrogens is 358 g/mol. The van der Waals surface area contributed by atoms with Crippen LogP contribution in [0.25, 0.3) is 0 Å². The van der Waals surface area contributed by atoms with Crippen LogP contribution in [-0.4, -0.2) is 62.9 Å². The van der Waals surface area contributed by atoms with Crippen molar-refractivity contribution in [2.45, 2.75) is 49.6 Å². The number of thioether (sulfide) groups is 1. The zero-order chi connectivity index (χ0) is 19.0. The number of aliphatic hydroxyl groups excluding tert-OH is 1. The number of nitrogens with zero attached hydrogens (tertiary/aromatic N) is 1. The predicted octanol–water partition coefficient (Wildman–Crippen LogP) is -0.211. The summed E-state index contributed by atoms with van der Waals surface area (Å²) in [6.07, 6.45) is 4.48. The van der Waals surface area contributed by atoms with Crippen molar-refractivity contribution in [3.63, 3.8) is 0 Å². The van der Waals surface area contributed by atoms with Gasteiger partial charge in [-0.1, -0.05) is 6.08 Å². The highest BCUT2D eigenvalue weighted by Gasteiger charge is 2.56. The lowest BCUT2D eigenvalue weighted by Gasteiger charge is -2.44. The number of fused-ring (bicyclic) bond motifs is 1. The first-order chi connectivity index (χ1) is 12.3. The van der Waals surface area contributed by atoms with Gasteiger partial charge in [0.25, 0.3) is 0 Å². The van der Waals surface area contributed by atoms with Crippen molar-refractivity contribution in [2.75, 3.05) is 6.54 Å². The second-order valence-corrected chi connectivity index (χ2v) is 8.31. The molecule has 9 heteroatoms. The van der Waals surface area contributed by atoms with Crippen molar-refractivity contribution in [3.05, 3.63) is 22.8 Å². The number of hydrogen-bond acceptors (Lipinski definition) is 6. The molecule has 0 radical (unpaired) electrons. The van der Waals surface area contributed by atoms with Crippen molar-refractivity contribution < 1.29 is 24.6 Å². The number of amides is 2. The molecule has 0 bridgehead atoms. The topological polar surface area (TPSA) is 133 Å². The molecule has 0 aromatic rings. The molecule has 3 heterocycles. The Morgan fingerprint density at radius 2 is 2.15 bits per heavy atom. The second kappa shape index (κ2) is 7.42. The minimum atomic E-state index is -1.10. The van der Waals surface area contributed by atoms with Crippen molar-refractivity contribution in [2.24, 2.45) is 11.7 Å². The molecule has 5 atom stereocenters. The average Bonchev–Trinajstić information content (AvgIpc) is 2.88. The van der Waals surface area contributed by atoms with Gasteiger partial charge in [-0.2, -0.15) is 0 Å². The number of hydrogen-bond donors (Lipinski definition) is 4. The van der Waals surface area contributed by atoms with Crippen molar-refractivity contribution in [1.29, 1.82) is 0 Å². The fourth-order valence-electron chi connectivity index (χ4n) is 3.87.